The number of aromatic nitrogens is 2. The molecule has 0 saturated carbocycles. The molecule has 146 valence electrons. The summed E-state index contributed by atoms with van der Waals surface area (Å²) in [6.07, 6.45) is 1.79. The number of carbonyl (C=O) groups excluding carboxylic acids is 2. The van der Waals surface area contributed by atoms with E-state index in [0.29, 0.717) is 5.69 Å². The Morgan fingerprint density at radius 2 is 1.86 bits per heavy atom. The lowest BCUT2D eigenvalue weighted by Crippen LogP contribution is -2.29. The van der Waals surface area contributed by atoms with Crippen molar-refractivity contribution in [1.29, 1.82) is 5.26 Å². The molecule has 0 aliphatic carbocycles. The van der Waals surface area contributed by atoms with Crippen LogP contribution in [0, 0.1) is 18.3 Å². The molecule has 7 nitrogen and oxygen atoms in total. The summed E-state index contributed by atoms with van der Waals surface area (Å²) >= 11 is 0. The van der Waals surface area contributed by atoms with Crippen molar-refractivity contribution in [2.45, 2.75) is 13.3 Å². The van der Waals surface area contributed by atoms with Gasteiger partial charge in [0.1, 0.15) is 11.3 Å². The third-order valence-electron chi connectivity index (χ3n) is 4.17. The van der Waals surface area contributed by atoms with E-state index in [1.54, 1.807) is 10.9 Å². The van der Waals surface area contributed by atoms with Gasteiger partial charge in [0.15, 0.2) is 6.61 Å². The van der Waals surface area contributed by atoms with Crippen LogP contribution in [-0.2, 0) is 9.53 Å². The molecule has 29 heavy (non-hydrogen) atoms. The summed E-state index contributed by atoms with van der Waals surface area (Å²) in [5, 5.41) is 15.6. The van der Waals surface area contributed by atoms with Crippen LogP contribution in [0.4, 0.5) is 0 Å². The topological polar surface area (TPSA) is 97.0 Å². The molecule has 0 bridgehead atoms. The number of hydrogen-bond acceptors (Lipinski definition) is 5. The number of rotatable bonds is 7. The van der Waals surface area contributed by atoms with E-state index in [1.165, 1.54) is 0 Å². The molecule has 0 aliphatic rings. The monoisotopic (exact) mass is 388 g/mol. The minimum absolute atomic E-state index is 0.196. The summed E-state index contributed by atoms with van der Waals surface area (Å²) in [6, 6.07) is 19.0. The maximum Gasteiger partial charge on any atom is 0.342 e. The van der Waals surface area contributed by atoms with Gasteiger partial charge < -0.3 is 10.1 Å². The van der Waals surface area contributed by atoms with E-state index in [-0.39, 0.29) is 18.5 Å². The first-order valence-electron chi connectivity index (χ1n) is 9.11. The molecule has 0 fully saturated rings. The molecule has 1 heterocycles. The molecule has 0 radical (unpaired) electrons. The number of aryl methyl sites for hydroxylation is 1. The van der Waals surface area contributed by atoms with Crippen LogP contribution in [0.15, 0.2) is 60.8 Å². The van der Waals surface area contributed by atoms with E-state index in [4.69, 9.17) is 10.00 Å². The standard InChI is InChI=1S/C22H20N4O3/c1-16-8-10-17(11-9-16)21-19(14-26(25-21)18-6-3-2-4-7-18)22(28)29-15-20(27)24-13-5-12-23/h2-4,6-11,14H,5,13,15H2,1H3,(H,24,27). The van der Waals surface area contributed by atoms with Crippen LogP contribution < -0.4 is 5.32 Å². The van der Waals surface area contributed by atoms with E-state index in [2.05, 4.69) is 10.4 Å². The van der Waals surface area contributed by atoms with Crippen LogP contribution in [-0.4, -0.2) is 34.8 Å². The Bertz CT molecular complexity index is 1030. The summed E-state index contributed by atoms with van der Waals surface area (Å²) in [7, 11) is 0. The van der Waals surface area contributed by atoms with Crippen molar-refractivity contribution in [3.63, 3.8) is 0 Å². The number of benzene rings is 2. The zero-order valence-corrected chi connectivity index (χ0v) is 16.0. The number of carbonyl (C=O) groups is 2. The highest BCUT2D eigenvalue weighted by Gasteiger charge is 2.20. The second-order valence-corrected chi connectivity index (χ2v) is 6.37. The minimum Gasteiger partial charge on any atom is -0.452 e. The van der Waals surface area contributed by atoms with E-state index >= 15 is 0 Å². The Kier molecular flexibility index (Phi) is 6.38. The average Bonchev–Trinajstić information content (AvgIpc) is 3.19. The summed E-state index contributed by atoms with van der Waals surface area (Å²) in [4.78, 5) is 24.4. The maximum atomic E-state index is 12.7. The van der Waals surface area contributed by atoms with Crippen molar-refractivity contribution in [3.8, 4) is 23.0 Å². The zero-order valence-electron chi connectivity index (χ0n) is 16.0. The molecule has 0 aliphatic heterocycles. The van der Waals surface area contributed by atoms with Gasteiger partial charge in [-0.15, -0.1) is 0 Å². The van der Waals surface area contributed by atoms with Gasteiger partial charge in [-0.3, -0.25) is 4.79 Å². The molecule has 1 aromatic heterocycles. The quantitative estimate of drug-likeness (QED) is 0.496. The maximum absolute atomic E-state index is 12.7. The van der Waals surface area contributed by atoms with Gasteiger partial charge in [0.25, 0.3) is 5.91 Å². The predicted octanol–water partition coefficient (Wildman–Crippen LogP) is 3.03. The molecule has 0 saturated heterocycles. The van der Waals surface area contributed by atoms with Gasteiger partial charge in [0, 0.05) is 18.3 Å². The Labute approximate surface area is 168 Å². The van der Waals surface area contributed by atoms with Gasteiger partial charge in [0.05, 0.1) is 18.2 Å². The van der Waals surface area contributed by atoms with Crippen LogP contribution in [0.1, 0.15) is 22.3 Å². The van der Waals surface area contributed by atoms with Gasteiger partial charge in [-0.2, -0.15) is 10.4 Å². The Balaban J connectivity index is 1.85. The number of ether oxygens (including phenoxy) is 1. The van der Waals surface area contributed by atoms with Crippen molar-refractivity contribution < 1.29 is 14.3 Å². The van der Waals surface area contributed by atoms with Crippen LogP contribution in [0.3, 0.4) is 0 Å². The van der Waals surface area contributed by atoms with Crippen molar-refractivity contribution in [1.82, 2.24) is 15.1 Å². The first-order chi connectivity index (χ1) is 14.1. The van der Waals surface area contributed by atoms with Crippen molar-refractivity contribution in [3.05, 3.63) is 71.9 Å². The van der Waals surface area contributed by atoms with Crippen LogP contribution in [0.25, 0.3) is 16.9 Å². The Hall–Kier alpha value is -3.92. The van der Waals surface area contributed by atoms with Gasteiger partial charge in [-0.1, -0.05) is 48.0 Å². The molecule has 7 heteroatoms. The fourth-order valence-electron chi connectivity index (χ4n) is 2.68. The lowest BCUT2D eigenvalue weighted by Gasteiger charge is -2.05. The third-order valence-corrected chi connectivity index (χ3v) is 4.17. The summed E-state index contributed by atoms with van der Waals surface area (Å²) in [5.74, 6) is -1.10. The lowest BCUT2D eigenvalue weighted by atomic mass is 10.1. The highest BCUT2D eigenvalue weighted by atomic mass is 16.5. The minimum atomic E-state index is -0.641. The molecule has 2 aromatic carbocycles. The largest absolute Gasteiger partial charge is 0.452 e. The predicted molar refractivity (Wildman–Crippen MR) is 107 cm³/mol. The molecule has 1 N–H and O–H groups in total. The van der Waals surface area contributed by atoms with Crippen molar-refractivity contribution in [2.75, 3.05) is 13.2 Å². The second-order valence-electron chi connectivity index (χ2n) is 6.37. The SMILES string of the molecule is Cc1ccc(-c2nn(-c3ccccc3)cc2C(=O)OCC(=O)NCCC#N)cc1. The average molecular weight is 388 g/mol. The molecular formula is C22H20N4O3. The summed E-state index contributed by atoms with van der Waals surface area (Å²) < 4.78 is 6.78. The molecule has 0 spiro atoms. The molecule has 0 unspecified atom stereocenters. The highest BCUT2D eigenvalue weighted by molar-refractivity contribution is 5.97. The Morgan fingerprint density at radius 3 is 2.55 bits per heavy atom. The van der Waals surface area contributed by atoms with Gasteiger partial charge in [-0.25, -0.2) is 9.48 Å². The molecule has 1 amide bonds. The first-order valence-corrected chi connectivity index (χ1v) is 9.11. The molecule has 3 aromatic rings. The van der Waals surface area contributed by atoms with Gasteiger partial charge in [0.2, 0.25) is 0 Å². The van der Waals surface area contributed by atoms with E-state index in [9.17, 15) is 9.59 Å². The van der Waals surface area contributed by atoms with Gasteiger partial charge >= 0.3 is 5.97 Å². The number of nitrogens with one attached hydrogen (secondary N) is 1. The second kappa shape index (κ2) is 9.33. The van der Waals surface area contributed by atoms with Crippen molar-refractivity contribution in [2.24, 2.45) is 0 Å². The van der Waals surface area contributed by atoms with Crippen LogP contribution in [0.5, 0.6) is 0 Å². The smallest absolute Gasteiger partial charge is 0.342 e. The van der Waals surface area contributed by atoms with Crippen LogP contribution >= 0.6 is 0 Å². The normalized spacial score (nSPS) is 10.2. The van der Waals surface area contributed by atoms with E-state index in [0.717, 1.165) is 16.8 Å². The number of esters is 1. The molecule has 0 atom stereocenters. The Morgan fingerprint density at radius 1 is 1.14 bits per heavy atom. The number of hydrogen-bond donors (Lipinski definition) is 1. The van der Waals surface area contributed by atoms with Crippen molar-refractivity contribution >= 4 is 11.9 Å². The molecule has 3 rings (SSSR count). The fourth-order valence-corrected chi connectivity index (χ4v) is 2.68. The van der Waals surface area contributed by atoms with Crippen LogP contribution in [0.2, 0.25) is 0 Å². The van der Waals surface area contributed by atoms with E-state index < -0.39 is 18.5 Å². The number of amides is 1. The van der Waals surface area contributed by atoms with E-state index in [1.807, 2.05) is 67.6 Å². The molecular weight excluding hydrogens is 368 g/mol. The third kappa shape index (κ3) is 5.08. The number of para-hydroxylation sites is 1. The number of nitriles is 1. The first kappa shape index (κ1) is 19.8. The summed E-state index contributed by atoms with van der Waals surface area (Å²) in [5.41, 5.74) is 3.41. The van der Waals surface area contributed by atoms with Gasteiger partial charge in [-0.05, 0) is 19.1 Å². The number of nitrogens with zero attached hydrogens (tertiary/aromatic N) is 3. The summed E-state index contributed by atoms with van der Waals surface area (Å²) in [6.45, 7) is 1.77. The lowest BCUT2D eigenvalue weighted by molar-refractivity contribution is -0.124. The fraction of sp³-hybridized carbons (Fsp3) is 0.182. The highest BCUT2D eigenvalue weighted by Crippen LogP contribution is 2.25. The zero-order chi connectivity index (χ0) is 20.6.